The van der Waals surface area contributed by atoms with Gasteiger partial charge in [-0.05, 0) is 51.0 Å². The molecule has 1 aromatic rings. The van der Waals surface area contributed by atoms with E-state index >= 15 is 0 Å². The predicted octanol–water partition coefficient (Wildman–Crippen LogP) is 2.48. The van der Waals surface area contributed by atoms with Crippen molar-refractivity contribution in [2.75, 3.05) is 5.32 Å². The van der Waals surface area contributed by atoms with Crippen molar-refractivity contribution in [3.8, 4) is 5.75 Å². The summed E-state index contributed by atoms with van der Waals surface area (Å²) in [5, 5.41) is 2.84. The van der Waals surface area contributed by atoms with Gasteiger partial charge in [-0.1, -0.05) is 12.2 Å². The van der Waals surface area contributed by atoms with Gasteiger partial charge in [0, 0.05) is 5.69 Å². The molecule has 0 radical (unpaired) electrons. The van der Waals surface area contributed by atoms with Crippen LogP contribution < -0.4 is 15.8 Å². The molecule has 1 aliphatic carbocycles. The van der Waals surface area contributed by atoms with Gasteiger partial charge in [0.15, 0.2) is 0 Å². The van der Waals surface area contributed by atoms with Crippen molar-refractivity contribution in [2.24, 2.45) is 11.1 Å². The maximum atomic E-state index is 12.1. The smallest absolute Gasteiger partial charge is 0.237 e. The predicted molar refractivity (Wildman–Crippen MR) is 79.3 cm³/mol. The zero-order valence-electron chi connectivity index (χ0n) is 11.1. The van der Waals surface area contributed by atoms with Gasteiger partial charge < -0.3 is 15.8 Å². The Morgan fingerprint density at radius 2 is 1.95 bits per heavy atom. The lowest BCUT2D eigenvalue weighted by Gasteiger charge is -2.14. The number of rotatable bonds is 5. The van der Waals surface area contributed by atoms with Crippen LogP contribution in [0.25, 0.3) is 0 Å². The van der Waals surface area contributed by atoms with Crippen LogP contribution >= 0.6 is 12.2 Å². The highest BCUT2D eigenvalue weighted by atomic mass is 32.1. The van der Waals surface area contributed by atoms with E-state index in [4.69, 9.17) is 22.7 Å². The Morgan fingerprint density at radius 3 is 2.37 bits per heavy atom. The molecule has 4 nitrogen and oxygen atoms in total. The van der Waals surface area contributed by atoms with Crippen LogP contribution in [0.5, 0.6) is 5.75 Å². The van der Waals surface area contributed by atoms with Gasteiger partial charge >= 0.3 is 0 Å². The number of carbonyl (C=O) groups is 1. The lowest BCUT2D eigenvalue weighted by Crippen LogP contribution is -2.34. The number of benzene rings is 1. The Hall–Kier alpha value is -1.62. The molecule has 1 fully saturated rings. The van der Waals surface area contributed by atoms with Crippen LogP contribution in [-0.4, -0.2) is 17.0 Å². The van der Waals surface area contributed by atoms with Crippen molar-refractivity contribution in [3.05, 3.63) is 24.3 Å². The minimum atomic E-state index is -0.623. The summed E-state index contributed by atoms with van der Waals surface area (Å²) < 4.78 is 5.54. The van der Waals surface area contributed by atoms with Crippen molar-refractivity contribution in [1.29, 1.82) is 0 Å². The van der Waals surface area contributed by atoms with Crippen LogP contribution in [0.15, 0.2) is 24.3 Å². The number of anilines is 1. The van der Waals surface area contributed by atoms with Gasteiger partial charge in [-0.3, -0.25) is 4.79 Å². The van der Waals surface area contributed by atoms with E-state index in [1.807, 2.05) is 38.1 Å². The van der Waals surface area contributed by atoms with Gasteiger partial charge in [-0.2, -0.15) is 0 Å². The Bertz CT molecular complexity index is 493. The van der Waals surface area contributed by atoms with Gasteiger partial charge in [0.1, 0.15) is 5.75 Å². The third-order valence-corrected chi connectivity index (χ3v) is 3.53. The number of carbonyl (C=O) groups excluding carboxylic acids is 1. The molecule has 0 heterocycles. The number of thiocarbonyl (C=S) groups is 1. The monoisotopic (exact) mass is 278 g/mol. The summed E-state index contributed by atoms with van der Waals surface area (Å²) in [6.45, 7) is 3.93. The van der Waals surface area contributed by atoms with Crippen molar-refractivity contribution in [2.45, 2.75) is 32.8 Å². The normalized spacial score (nSPS) is 15.9. The Labute approximate surface area is 118 Å². The topological polar surface area (TPSA) is 64.3 Å². The molecule has 0 unspecified atom stereocenters. The van der Waals surface area contributed by atoms with E-state index in [2.05, 4.69) is 5.32 Å². The summed E-state index contributed by atoms with van der Waals surface area (Å²) in [5.74, 6) is 0.668. The first-order valence-electron chi connectivity index (χ1n) is 6.32. The molecule has 0 aliphatic heterocycles. The summed E-state index contributed by atoms with van der Waals surface area (Å²) in [5.41, 5.74) is 5.72. The second-order valence-corrected chi connectivity index (χ2v) is 5.53. The molecule has 1 saturated carbocycles. The molecule has 0 bridgehead atoms. The maximum absolute atomic E-state index is 12.1. The average Bonchev–Trinajstić information content (AvgIpc) is 3.12. The fraction of sp³-hybridized carbons (Fsp3) is 0.429. The van der Waals surface area contributed by atoms with Crippen molar-refractivity contribution < 1.29 is 9.53 Å². The highest BCUT2D eigenvalue weighted by Crippen LogP contribution is 2.46. The van der Waals surface area contributed by atoms with Crippen LogP contribution in [-0.2, 0) is 4.79 Å². The number of amides is 1. The first-order valence-corrected chi connectivity index (χ1v) is 6.73. The van der Waals surface area contributed by atoms with E-state index in [0.29, 0.717) is 0 Å². The summed E-state index contributed by atoms with van der Waals surface area (Å²) in [6.07, 6.45) is 1.61. The van der Waals surface area contributed by atoms with Gasteiger partial charge in [0.2, 0.25) is 5.91 Å². The van der Waals surface area contributed by atoms with E-state index in [9.17, 15) is 4.79 Å². The zero-order chi connectivity index (χ0) is 14.0. The lowest BCUT2D eigenvalue weighted by molar-refractivity contribution is -0.118. The molecule has 5 heteroatoms. The number of ether oxygens (including phenoxy) is 1. The maximum Gasteiger partial charge on any atom is 0.237 e. The van der Waals surface area contributed by atoms with Crippen LogP contribution in [0.1, 0.15) is 26.7 Å². The Balaban J connectivity index is 2.00. The molecular weight excluding hydrogens is 260 g/mol. The molecule has 1 amide bonds. The number of nitrogens with two attached hydrogens (primary N) is 1. The van der Waals surface area contributed by atoms with E-state index in [0.717, 1.165) is 24.3 Å². The van der Waals surface area contributed by atoms with Crippen LogP contribution in [0.3, 0.4) is 0 Å². The molecule has 0 aromatic heterocycles. The second kappa shape index (κ2) is 5.17. The molecule has 1 aliphatic rings. The molecule has 0 spiro atoms. The fourth-order valence-corrected chi connectivity index (χ4v) is 2.15. The third kappa shape index (κ3) is 3.04. The average molecular weight is 278 g/mol. The van der Waals surface area contributed by atoms with Gasteiger partial charge in [-0.15, -0.1) is 0 Å². The van der Waals surface area contributed by atoms with Crippen LogP contribution in [0.4, 0.5) is 5.69 Å². The van der Waals surface area contributed by atoms with Crippen LogP contribution in [0.2, 0.25) is 0 Å². The fourth-order valence-electron chi connectivity index (χ4n) is 1.85. The third-order valence-electron chi connectivity index (χ3n) is 3.14. The first-order chi connectivity index (χ1) is 8.94. The Morgan fingerprint density at radius 1 is 1.37 bits per heavy atom. The highest BCUT2D eigenvalue weighted by molar-refractivity contribution is 7.80. The van der Waals surface area contributed by atoms with E-state index in [1.54, 1.807) is 0 Å². The van der Waals surface area contributed by atoms with Gasteiger partial charge in [0.25, 0.3) is 0 Å². The molecule has 2 rings (SSSR count). The summed E-state index contributed by atoms with van der Waals surface area (Å²) >= 11 is 4.95. The van der Waals surface area contributed by atoms with E-state index < -0.39 is 5.41 Å². The number of hydrogen-bond acceptors (Lipinski definition) is 3. The molecule has 3 N–H and O–H groups in total. The molecular formula is C14H18N2O2S. The summed E-state index contributed by atoms with van der Waals surface area (Å²) in [4.78, 5) is 12.4. The second-order valence-electron chi connectivity index (χ2n) is 5.09. The largest absolute Gasteiger partial charge is 0.491 e. The molecule has 19 heavy (non-hydrogen) atoms. The van der Waals surface area contributed by atoms with Crippen molar-refractivity contribution >= 4 is 28.8 Å². The minimum Gasteiger partial charge on any atom is -0.491 e. The Kier molecular flexibility index (Phi) is 3.75. The molecule has 1 aromatic carbocycles. The van der Waals surface area contributed by atoms with E-state index in [-0.39, 0.29) is 17.0 Å². The van der Waals surface area contributed by atoms with Gasteiger partial charge in [0.05, 0.1) is 16.5 Å². The standard InChI is InChI=1S/C14H18N2O2S/c1-9(2)18-11-5-3-10(4-6-11)16-13(17)14(7-8-14)12(15)19/h3-6,9H,7-8H2,1-2H3,(H2,15,19)(H,16,17). The minimum absolute atomic E-state index is 0.113. The summed E-state index contributed by atoms with van der Waals surface area (Å²) in [7, 11) is 0. The highest BCUT2D eigenvalue weighted by Gasteiger charge is 2.52. The van der Waals surface area contributed by atoms with Gasteiger partial charge in [-0.25, -0.2) is 0 Å². The molecule has 0 atom stereocenters. The number of nitrogens with one attached hydrogen (secondary N) is 1. The molecule has 0 saturated heterocycles. The SMILES string of the molecule is CC(C)Oc1ccc(NC(=O)C2(C(N)=S)CC2)cc1. The van der Waals surface area contributed by atoms with Crippen LogP contribution in [0, 0.1) is 5.41 Å². The molecule has 102 valence electrons. The summed E-state index contributed by atoms with van der Waals surface area (Å²) in [6, 6.07) is 7.28. The van der Waals surface area contributed by atoms with Crippen molar-refractivity contribution in [3.63, 3.8) is 0 Å². The first kappa shape index (κ1) is 13.8. The van der Waals surface area contributed by atoms with Crippen molar-refractivity contribution in [1.82, 2.24) is 0 Å². The number of hydrogen-bond donors (Lipinski definition) is 2. The zero-order valence-corrected chi connectivity index (χ0v) is 11.9. The lowest BCUT2D eigenvalue weighted by atomic mass is 10.1. The van der Waals surface area contributed by atoms with E-state index in [1.165, 1.54) is 0 Å². The quantitative estimate of drug-likeness (QED) is 0.812.